The molecule has 3 aromatic rings. The molecule has 2 heterocycles. The van der Waals surface area contributed by atoms with Gasteiger partial charge in [-0.2, -0.15) is 13.2 Å². The summed E-state index contributed by atoms with van der Waals surface area (Å²) in [6.45, 7) is 5.47. The second kappa shape index (κ2) is 11.1. The lowest BCUT2D eigenvalue weighted by atomic mass is 9.74. The molecule has 1 fully saturated rings. The first-order chi connectivity index (χ1) is 18.3. The Morgan fingerprint density at radius 3 is 2.38 bits per heavy atom. The Kier molecular flexibility index (Phi) is 8.17. The van der Waals surface area contributed by atoms with Gasteiger partial charge in [-0.1, -0.05) is 32.3 Å². The summed E-state index contributed by atoms with van der Waals surface area (Å²) in [4.78, 5) is 43.8. The highest BCUT2D eigenvalue weighted by atomic mass is 32.1. The molecule has 0 atom stereocenters. The summed E-state index contributed by atoms with van der Waals surface area (Å²) in [5.41, 5.74) is -0.476. The Morgan fingerprint density at radius 2 is 1.82 bits per heavy atom. The number of carbonyl (C=O) groups excluding carboxylic acids is 2. The number of benzene rings is 1. The van der Waals surface area contributed by atoms with Gasteiger partial charge in [0.05, 0.1) is 22.4 Å². The van der Waals surface area contributed by atoms with Crippen LogP contribution in [0.4, 0.5) is 24.5 Å². The van der Waals surface area contributed by atoms with Crippen molar-refractivity contribution in [3.05, 3.63) is 51.3 Å². The zero-order valence-corrected chi connectivity index (χ0v) is 23.2. The molecule has 0 spiro atoms. The molecule has 12 heteroatoms. The number of nitrogens with zero attached hydrogens (tertiary/aromatic N) is 2. The molecular formula is C27H28F3N3O4S2. The maximum absolute atomic E-state index is 14.0. The minimum absolute atomic E-state index is 0.00342. The average Bonchev–Trinajstić information content (AvgIpc) is 3.55. The Morgan fingerprint density at radius 1 is 1.13 bits per heavy atom. The molecule has 1 aromatic carbocycles. The van der Waals surface area contributed by atoms with Gasteiger partial charge < -0.3 is 15.3 Å². The number of carboxylic acids is 1. The molecule has 7 nitrogen and oxygen atoms in total. The monoisotopic (exact) mass is 579 g/mol. The number of thiophene rings is 1. The maximum atomic E-state index is 14.0. The normalized spacial score (nSPS) is 15.3. The van der Waals surface area contributed by atoms with E-state index in [1.165, 1.54) is 27.9 Å². The van der Waals surface area contributed by atoms with Crippen LogP contribution in [-0.2, 0) is 11.0 Å². The molecule has 2 N–H and O–H groups in total. The highest BCUT2D eigenvalue weighted by molar-refractivity contribution is 7.18. The summed E-state index contributed by atoms with van der Waals surface area (Å²) in [5, 5.41) is 13.7. The second-order valence-corrected chi connectivity index (χ2v) is 11.9. The van der Waals surface area contributed by atoms with Crippen molar-refractivity contribution in [3.8, 4) is 10.4 Å². The van der Waals surface area contributed by atoms with Crippen molar-refractivity contribution in [2.24, 2.45) is 5.41 Å². The van der Waals surface area contributed by atoms with Crippen LogP contribution >= 0.6 is 22.7 Å². The zero-order valence-electron chi connectivity index (χ0n) is 21.6. The van der Waals surface area contributed by atoms with Crippen LogP contribution in [0.15, 0.2) is 35.2 Å². The number of hydrogen-bond donors (Lipinski definition) is 2. The van der Waals surface area contributed by atoms with Crippen molar-refractivity contribution in [2.75, 3.05) is 10.2 Å². The van der Waals surface area contributed by atoms with Crippen molar-refractivity contribution in [2.45, 2.75) is 65.1 Å². The van der Waals surface area contributed by atoms with Crippen molar-refractivity contribution >= 4 is 51.8 Å². The summed E-state index contributed by atoms with van der Waals surface area (Å²) in [7, 11) is 0. The van der Waals surface area contributed by atoms with Gasteiger partial charge in [0.2, 0.25) is 5.91 Å². The van der Waals surface area contributed by atoms with Gasteiger partial charge in [-0.15, -0.1) is 22.7 Å². The molecule has 0 aliphatic heterocycles. The number of hydrogen-bond acceptors (Lipinski definition) is 6. The first-order valence-corrected chi connectivity index (χ1v) is 14.2. The second-order valence-electron chi connectivity index (χ2n) is 10.1. The Hall–Kier alpha value is -3.25. The van der Waals surface area contributed by atoms with Crippen molar-refractivity contribution in [3.63, 3.8) is 0 Å². The van der Waals surface area contributed by atoms with E-state index in [9.17, 15) is 32.7 Å². The third kappa shape index (κ3) is 6.01. The van der Waals surface area contributed by atoms with E-state index >= 15 is 0 Å². The van der Waals surface area contributed by atoms with Crippen LogP contribution in [0.25, 0.3) is 10.4 Å². The number of thiazole rings is 1. The lowest BCUT2D eigenvalue weighted by Crippen LogP contribution is -2.47. The van der Waals surface area contributed by atoms with Gasteiger partial charge in [-0.05, 0) is 50.5 Å². The van der Waals surface area contributed by atoms with Crippen LogP contribution in [0.1, 0.15) is 78.6 Å². The van der Waals surface area contributed by atoms with E-state index in [0.29, 0.717) is 12.8 Å². The van der Waals surface area contributed by atoms with Crippen molar-refractivity contribution < 1.29 is 32.7 Å². The first kappa shape index (κ1) is 28.8. The summed E-state index contributed by atoms with van der Waals surface area (Å²) in [6.07, 6.45) is -0.572. The molecule has 1 aliphatic carbocycles. The molecule has 4 rings (SSSR count). The van der Waals surface area contributed by atoms with E-state index < -0.39 is 34.7 Å². The number of aromatic carboxylic acids is 1. The van der Waals surface area contributed by atoms with Gasteiger partial charge in [-0.3, -0.25) is 9.59 Å². The number of carbonyl (C=O) groups is 3. The molecule has 39 heavy (non-hydrogen) atoms. The van der Waals surface area contributed by atoms with Crippen LogP contribution in [0.5, 0.6) is 0 Å². The molecule has 208 valence electrons. The minimum atomic E-state index is -4.80. The van der Waals surface area contributed by atoms with E-state index in [0.717, 1.165) is 54.1 Å². The fraction of sp³-hybridized carbons (Fsp3) is 0.407. The van der Waals surface area contributed by atoms with E-state index in [1.807, 2.05) is 6.92 Å². The lowest BCUT2D eigenvalue weighted by molar-refractivity contribution is -0.137. The third-order valence-electron chi connectivity index (χ3n) is 6.90. The smallest absolute Gasteiger partial charge is 0.418 e. The minimum Gasteiger partial charge on any atom is -0.477 e. The topological polar surface area (TPSA) is 99.6 Å². The van der Waals surface area contributed by atoms with Gasteiger partial charge in [0, 0.05) is 21.7 Å². The number of amides is 2. The average molecular weight is 580 g/mol. The molecule has 0 radical (unpaired) electrons. The largest absolute Gasteiger partial charge is 0.477 e. The Balaban J connectivity index is 1.76. The number of anilines is 2. The van der Waals surface area contributed by atoms with E-state index in [4.69, 9.17) is 0 Å². The van der Waals surface area contributed by atoms with Gasteiger partial charge in [0.15, 0.2) is 0 Å². The first-order valence-electron chi connectivity index (χ1n) is 12.4. The molecular weight excluding hydrogens is 551 g/mol. The predicted molar refractivity (Wildman–Crippen MR) is 146 cm³/mol. The molecule has 1 aliphatic rings. The van der Waals surface area contributed by atoms with Crippen molar-refractivity contribution in [1.29, 1.82) is 0 Å². The van der Waals surface area contributed by atoms with Crippen LogP contribution in [0.2, 0.25) is 0 Å². The van der Waals surface area contributed by atoms with Gasteiger partial charge in [0.1, 0.15) is 10.6 Å². The van der Waals surface area contributed by atoms with Gasteiger partial charge in [0.25, 0.3) is 5.91 Å². The SMILES string of the molecule is CC(C)N(C(=O)C1(C)CCCCC1)c1cc(-c2ccc(NC(=O)c3cscn3)c(C(F)(F)F)c2)sc1C(=O)O. The number of carboxylic acid groups (broad SMARTS) is 1. The van der Waals surface area contributed by atoms with Crippen LogP contribution in [0, 0.1) is 5.41 Å². The molecule has 2 aromatic heterocycles. The number of aromatic nitrogens is 1. The highest BCUT2D eigenvalue weighted by Crippen LogP contribution is 2.44. The van der Waals surface area contributed by atoms with Crippen LogP contribution < -0.4 is 10.2 Å². The van der Waals surface area contributed by atoms with Crippen LogP contribution in [-0.4, -0.2) is 33.9 Å². The fourth-order valence-electron chi connectivity index (χ4n) is 4.87. The number of halogens is 3. The summed E-state index contributed by atoms with van der Waals surface area (Å²) in [5.74, 6) is -2.22. The zero-order chi connectivity index (χ0) is 28.5. The molecule has 0 saturated heterocycles. The number of alkyl halides is 3. The predicted octanol–water partition coefficient (Wildman–Crippen LogP) is 7.55. The standard InChI is InChI=1S/C27H28F3N3O4S2/c1-15(2)33(25(37)26(3)9-5-4-6-10-26)20-12-21(39-22(20)24(35)36)16-7-8-18(17(11-16)27(28,29)30)32-23(34)19-13-38-14-31-19/h7-8,11-15H,4-6,9-10H2,1-3H3,(H,32,34)(H,35,36). The summed E-state index contributed by atoms with van der Waals surface area (Å²) in [6, 6.07) is 4.50. The van der Waals surface area contributed by atoms with Crippen LogP contribution in [0.3, 0.4) is 0 Å². The Bertz CT molecular complexity index is 1380. The van der Waals surface area contributed by atoms with Crippen molar-refractivity contribution in [1.82, 2.24) is 4.98 Å². The summed E-state index contributed by atoms with van der Waals surface area (Å²) < 4.78 is 42.1. The quantitative estimate of drug-likeness (QED) is 0.301. The molecule has 0 bridgehead atoms. The maximum Gasteiger partial charge on any atom is 0.418 e. The molecule has 1 saturated carbocycles. The van der Waals surface area contributed by atoms with Gasteiger partial charge >= 0.3 is 12.1 Å². The van der Waals surface area contributed by atoms with Gasteiger partial charge in [-0.25, -0.2) is 9.78 Å². The lowest BCUT2D eigenvalue weighted by Gasteiger charge is -2.38. The fourth-order valence-corrected chi connectivity index (χ4v) is 6.38. The van der Waals surface area contributed by atoms with E-state index in [-0.39, 0.29) is 38.6 Å². The molecule has 2 amide bonds. The summed E-state index contributed by atoms with van der Waals surface area (Å²) >= 11 is 1.95. The number of rotatable bonds is 7. The number of nitrogens with one attached hydrogen (secondary N) is 1. The Labute approximate surface area is 231 Å². The third-order valence-corrected chi connectivity index (χ3v) is 8.65. The highest BCUT2D eigenvalue weighted by Gasteiger charge is 2.41. The van der Waals surface area contributed by atoms with E-state index in [2.05, 4.69) is 10.3 Å². The van der Waals surface area contributed by atoms with E-state index in [1.54, 1.807) is 13.8 Å². The molecule has 0 unspecified atom stereocenters.